The van der Waals surface area contributed by atoms with Gasteiger partial charge in [0.25, 0.3) is 5.91 Å². The highest BCUT2D eigenvalue weighted by Crippen LogP contribution is 2.14. The Hall–Kier alpha value is -1.52. The number of nitrogens with two attached hydrogens (primary N) is 1. The van der Waals surface area contributed by atoms with Crippen molar-refractivity contribution in [1.82, 2.24) is 15.1 Å². The van der Waals surface area contributed by atoms with Crippen molar-refractivity contribution in [3.8, 4) is 0 Å². The van der Waals surface area contributed by atoms with Crippen LogP contribution in [0, 0.1) is 0 Å². The largest absolute Gasteiger partial charge is 0.396 e. The van der Waals surface area contributed by atoms with Crippen LogP contribution in [-0.4, -0.2) is 34.1 Å². The number of aromatic amines is 1. The van der Waals surface area contributed by atoms with Crippen LogP contribution in [-0.2, 0) is 0 Å². The van der Waals surface area contributed by atoms with Gasteiger partial charge in [-0.25, -0.2) is 0 Å². The van der Waals surface area contributed by atoms with E-state index in [0.29, 0.717) is 11.4 Å². The number of hydrogen-bond acceptors (Lipinski definition) is 3. The molecule has 0 aromatic carbocycles. The predicted octanol–water partition coefficient (Wildman–Crippen LogP) is 0.618. The third-order valence-electron chi connectivity index (χ3n) is 2.53. The lowest BCUT2D eigenvalue weighted by atomic mass is 10.1. The van der Waals surface area contributed by atoms with Gasteiger partial charge in [0.1, 0.15) is 5.69 Å². The summed E-state index contributed by atoms with van der Waals surface area (Å²) in [5.74, 6) is -0.0281. The van der Waals surface area contributed by atoms with Crippen LogP contribution in [0.15, 0.2) is 6.20 Å². The fraction of sp³-hybridized carbons (Fsp3) is 0.556. The Morgan fingerprint density at radius 1 is 1.43 bits per heavy atom. The summed E-state index contributed by atoms with van der Waals surface area (Å²) >= 11 is 0. The molecule has 1 aliphatic heterocycles. The van der Waals surface area contributed by atoms with E-state index < -0.39 is 0 Å². The predicted molar refractivity (Wildman–Crippen MR) is 52.8 cm³/mol. The quantitative estimate of drug-likeness (QED) is 0.688. The van der Waals surface area contributed by atoms with Crippen molar-refractivity contribution in [1.29, 1.82) is 0 Å². The first-order chi connectivity index (χ1) is 6.79. The molecule has 2 rings (SSSR count). The van der Waals surface area contributed by atoms with Gasteiger partial charge in [0, 0.05) is 13.1 Å². The van der Waals surface area contributed by atoms with Gasteiger partial charge in [0.2, 0.25) is 0 Å². The van der Waals surface area contributed by atoms with E-state index in [9.17, 15) is 4.79 Å². The summed E-state index contributed by atoms with van der Waals surface area (Å²) in [6.07, 6.45) is 4.85. The molecule has 2 heterocycles. The Morgan fingerprint density at radius 2 is 2.14 bits per heavy atom. The van der Waals surface area contributed by atoms with Gasteiger partial charge in [-0.15, -0.1) is 0 Å². The molecule has 0 radical (unpaired) electrons. The molecule has 1 aromatic heterocycles. The molecule has 5 nitrogen and oxygen atoms in total. The molecule has 1 aliphatic rings. The normalized spacial score (nSPS) is 17.0. The molecule has 1 fully saturated rings. The zero-order valence-electron chi connectivity index (χ0n) is 7.99. The lowest BCUT2D eigenvalue weighted by Gasteiger charge is -2.26. The molecular weight excluding hydrogens is 180 g/mol. The van der Waals surface area contributed by atoms with Crippen LogP contribution in [0.3, 0.4) is 0 Å². The second kappa shape index (κ2) is 3.69. The van der Waals surface area contributed by atoms with Crippen LogP contribution in [0.25, 0.3) is 0 Å². The molecule has 76 valence electrons. The van der Waals surface area contributed by atoms with Crippen molar-refractivity contribution in [3.63, 3.8) is 0 Å². The smallest absolute Gasteiger partial charge is 0.274 e. The summed E-state index contributed by atoms with van der Waals surface area (Å²) < 4.78 is 0. The fourth-order valence-corrected chi connectivity index (χ4v) is 1.72. The number of amides is 1. The number of carbonyl (C=O) groups excluding carboxylic acids is 1. The number of H-pyrrole nitrogens is 1. The van der Waals surface area contributed by atoms with Crippen LogP contribution >= 0.6 is 0 Å². The van der Waals surface area contributed by atoms with E-state index in [-0.39, 0.29) is 5.91 Å². The van der Waals surface area contributed by atoms with Crippen LogP contribution in [0.1, 0.15) is 29.8 Å². The fourth-order valence-electron chi connectivity index (χ4n) is 1.72. The van der Waals surface area contributed by atoms with Crippen molar-refractivity contribution in [2.45, 2.75) is 19.3 Å². The number of piperidine rings is 1. The maximum atomic E-state index is 11.9. The minimum absolute atomic E-state index is 0.0281. The Balaban J connectivity index is 2.11. The highest BCUT2D eigenvalue weighted by Gasteiger charge is 2.20. The Kier molecular flexibility index (Phi) is 2.39. The average Bonchev–Trinajstić information content (AvgIpc) is 2.65. The van der Waals surface area contributed by atoms with E-state index >= 15 is 0 Å². The maximum absolute atomic E-state index is 11.9. The number of nitrogens with one attached hydrogen (secondary N) is 1. The van der Waals surface area contributed by atoms with Gasteiger partial charge in [0.05, 0.1) is 11.9 Å². The van der Waals surface area contributed by atoms with E-state index in [1.165, 1.54) is 12.6 Å². The van der Waals surface area contributed by atoms with Gasteiger partial charge >= 0.3 is 0 Å². The highest BCUT2D eigenvalue weighted by atomic mass is 16.2. The van der Waals surface area contributed by atoms with E-state index in [1.807, 2.05) is 4.90 Å². The van der Waals surface area contributed by atoms with Gasteiger partial charge in [-0.3, -0.25) is 9.89 Å². The molecule has 0 bridgehead atoms. The lowest BCUT2D eigenvalue weighted by Crippen LogP contribution is -2.36. The number of anilines is 1. The number of carbonyl (C=O) groups is 1. The highest BCUT2D eigenvalue weighted by molar-refractivity contribution is 5.97. The standard InChI is InChI=1S/C9H14N4O/c10-7-6-11-12-8(7)9(14)13-4-2-1-3-5-13/h6H,1-5,10H2,(H,11,12). The van der Waals surface area contributed by atoms with Gasteiger partial charge in [0.15, 0.2) is 0 Å². The zero-order chi connectivity index (χ0) is 9.97. The number of nitrogen functional groups attached to an aromatic ring is 1. The molecule has 14 heavy (non-hydrogen) atoms. The molecule has 0 aliphatic carbocycles. The van der Waals surface area contributed by atoms with Crippen molar-refractivity contribution >= 4 is 11.6 Å². The van der Waals surface area contributed by atoms with E-state index in [0.717, 1.165) is 25.9 Å². The molecule has 0 spiro atoms. The Bertz CT molecular complexity index is 327. The minimum Gasteiger partial charge on any atom is -0.396 e. The van der Waals surface area contributed by atoms with E-state index in [2.05, 4.69) is 10.2 Å². The molecule has 1 amide bonds. The van der Waals surface area contributed by atoms with Crippen LogP contribution in [0.4, 0.5) is 5.69 Å². The maximum Gasteiger partial charge on any atom is 0.274 e. The molecule has 0 saturated carbocycles. The number of rotatable bonds is 1. The van der Waals surface area contributed by atoms with Crippen molar-refractivity contribution in [2.75, 3.05) is 18.8 Å². The topological polar surface area (TPSA) is 75.0 Å². The monoisotopic (exact) mass is 194 g/mol. The lowest BCUT2D eigenvalue weighted by molar-refractivity contribution is 0.0719. The van der Waals surface area contributed by atoms with Gasteiger partial charge in [-0.2, -0.15) is 5.10 Å². The first-order valence-corrected chi connectivity index (χ1v) is 4.87. The summed E-state index contributed by atoms with van der Waals surface area (Å²) in [6, 6.07) is 0. The van der Waals surface area contributed by atoms with Crippen LogP contribution in [0.2, 0.25) is 0 Å². The van der Waals surface area contributed by atoms with Gasteiger partial charge < -0.3 is 10.6 Å². The number of hydrogen-bond donors (Lipinski definition) is 2. The first kappa shape index (κ1) is 9.05. The van der Waals surface area contributed by atoms with E-state index in [4.69, 9.17) is 5.73 Å². The summed E-state index contributed by atoms with van der Waals surface area (Å²) in [6.45, 7) is 1.66. The second-order valence-electron chi connectivity index (χ2n) is 3.55. The van der Waals surface area contributed by atoms with Crippen LogP contribution in [0.5, 0.6) is 0 Å². The molecule has 1 saturated heterocycles. The van der Waals surface area contributed by atoms with Gasteiger partial charge in [-0.1, -0.05) is 0 Å². The molecule has 0 atom stereocenters. The molecule has 5 heteroatoms. The SMILES string of the molecule is Nc1cn[nH]c1C(=O)N1CCCCC1. The second-order valence-corrected chi connectivity index (χ2v) is 3.55. The van der Waals surface area contributed by atoms with Crippen molar-refractivity contribution in [2.24, 2.45) is 0 Å². The summed E-state index contributed by atoms with van der Waals surface area (Å²) in [5, 5.41) is 6.38. The molecular formula is C9H14N4O. The van der Waals surface area contributed by atoms with E-state index in [1.54, 1.807) is 0 Å². The van der Waals surface area contributed by atoms with Crippen LogP contribution < -0.4 is 5.73 Å². The summed E-state index contributed by atoms with van der Waals surface area (Å²) in [7, 11) is 0. The van der Waals surface area contributed by atoms with Crippen molar-refractivity contribution in [3.05, 3.63) is 11.9 Å². The number of nitrogens with zero attached hydrogens (tertiary/aromatic N) is 2. The third kappa shape index (κ3) is 1.57. The van der Waals surface area contributed by atoms with Crippen molar-refractivity contribution < 1.29 is 4.79 Å². The zero-order valence-corrected chi connectivity index (χ0v) is 7.99. The average molecular weight is 194 g/mol. The summed E-state index contributed by atoms with van der Waals surface area (Å²) in [5.41, 5.74) is 6.46. The Morgan fingerprint density at radius 3 is 2.71 bits per heavy atom. The number of aromatic nitrogens is 2. The Labute approximate surface area is 82.3 Å². The summed E-state index contributed by atoms with van der Waals surface area (Å²) in [4.78, 5) is 13.7. The number of likely N-dealkylation sites (tertiary alicyclic amines) is 1. The molecule has 1 aromatic rings. The first-order valence-electron chi connectivity index (χ1n) is 4.87. The molecule has 0 unspecified atom stereocenters. The minimum atomic E-state index is -0.0281. The third-order valence-corrected chi connectivity index (χ3v) is 2.53. The van der Waals surface area contributed by atoms with Gasteiger partial charge in [-0.05, 0) is 19.3 Å². The molecule has 3 N–H and O–H groups in total.